The molecule has 0 bridgehead atoms. The number of aliphatic carboxylic acids is 1. The average molecular weight is 299 g/mol. The normalized spacial score (nSPS) is 16.8. The Morgan fingerprint density at radius 2 is 1.62 bits per heavy atom. The van der Waals surface area contributed by atoms with Crippen molar-refractivity contribution >= 4 is 17.9 Å². The van der Waals surface area contributed by atoms with Crippen molar-refractivity contribution < 1.29 is 19.5 Å². The highest BCUT2D eigenvalue weighted by Crippen LogP contribution is 2.38. The number of rotatable bonds is 7. The Morgan fingerprint density at radius 1 is 1.00 bits per heavy atom. The van der Waals surface area contributed by atoms with Crippen molar-refractivity contribution in [3.63, 3.8) is 0 Å². The summed E-state index contributed by atoms with van der Waals surface area (Å²) < 4.78 is 0. The summed E-state index contributed by atoms with van der Waals surface area (Å²) in [6.07, 6.45) is 4.93. The molecule has 7 heteroatoms. The van der Waals surface area contributed by atoms with Crippen molar-refractivity contribution in [1.82, 2.24) is 16.0 Å². The standard InChI is InChI=1S/C14H25N3O4/c1-11(18)15-7-8-16-13(21)17-10-14(9-12(19)20)5-3-2-4-6-14/h2-10H2,1H3,(H,15,18)(H,19,20)(H2,16,17,21). The third-order valence-corrected chi connectivity index (χ3v) is 3.85. The van der Waals surface area contributed by atoms with E-state index >= 15 is 0 Å². The lowest BCUT2D eigenvalue weighted by Gasteiger charge is -2.36. The summed E-state index contributed by atoms with van der Waals surface area (Å²) in [6, 6.07) is -0.323. The minimum absolute atomic E-state index is 0.0964. The van der Waals surface area contributed by atoms with Gasteiger partial charge in [0, 0.05) is 26.6 Å². The molecule has 0 atom stereocenters. The zero-order valence-electron chi connectivity index (χ0n) is 12.5. The molecular formula is C14H25N3O4. The van der Waals surface area contributed by atoms with E-state index in [9.17, 15) is 14.4 Å². The maximum atomic E-state index is 11.7. The van der Waals surface area contributed by atoms with E-state index < -0.39 is 5.97 Å². The number of urea groups is 1. The molecule has 120 valence electrons. The molecule has 0 aromatic rings. The minimum Gasteiger partial charge on any atom is -0.481 e. The third-order valence-electron chi connectivity index (χ3n) is 3.85. The maximum absolute atomic E-state index is 11.7. The number of amides is 3. The van der Waals surface area contributed by atoms with Gasteiger partial charge in [0.25, 0.3) is 0 Å². The van der Waals surface area contributed by atoms with Crippen molar-refractivity contribution in [2.75, 3.05) is 19.6 Å². The molecule has 1 aliphatic rings. The van der Waals surface area contributed by atoms with Crippen LogP contribution in [0.2, 0.25) is 0 Å². The van der Waals surface area contributed by atoms with Crippen LogP contribution in [0.3, 0.4) is 0 Å². The number of hydrogen-bond donors (Lipinski definition) is 4. The molecule has 0 unspecified atom stereocenters. The van der Waals surface area contributed by atoms with Crippen LogP contribution in [0, 0.1) is 5.41 Å². The number of carboxylic acid groups (broad SMARTS) is 1. The maximum Gasteiger partial charge on any atom is 0.314 e. The van der Waals surface area contributed by atoms with Gasteiger partial charge in [-0.1, -0.05) is 19.3 Å². The molecule has 0 radical (unpaired) electrons. The van der Waals surface area contributed by atoms with Gasteiger partial charge in [-0.15, -0.1) is 0 Å². The summed E-state index contributed by atoms with van der Waals surface area (Å²) >= 11 is 0. The largest absolute Gasteiger partial charge is 0.481 e. The average Bonchev–Trinajstić information content (AvgIpc) is 2.41. The molecule has 1 rings (SSSR count). The van der Waals surface area contributed by atoms with Crippen LogP contribution in [-0.2, 0) is 9.59 Å². The molecule has 0 saturated heterocycles. The van der Waals surface area contributed by atoms with E-state index in [0.717, 1.165) is 32.1 Å². The second kappa shape index (κ2) is 8.49. The molecule has 1 fully saturated rings. The van der Waals surface area contributed by atoms with Gasteiger partial charge in [-0.3, -0.25) is 9.59 Å². The SMILES string of the molecule is CC(=O)NCCNC(=O)NCC1(CC(=O)O)CCCCC1. The Kier molecular flexibility index (Phi) is 6.98. The summed E-state index contributed by atoms with van der Waals surface area (Å²) in [5.74, 6) is -0.954. The molecular weight excluding hydrogens is 274 g/mol. The first-order chi connectivity index (χ1) is 9.93. The molecule has 4 N–H and O–H groups in total. The van der Waals surface area contributed by atoms with Crippen LogP contribution in [0.25, 0.3) is 0 Å². The van der Waals surface area contributed by atoms with Crippen LogP contribution >= 0.6 is 0 Å². The predicted octanol–water partition coefficient (Wildman–Crippen LogP) is 0.847. The second-order valence-corrected chi connectivity index (χ2v) is 5.72. The van der Waals surface area contributed by atoms with Crippen LogP contribution < -0.4 is 16.0 Å². The van der Waals surface area contributed by atoms with Crippen molar-refractivity contribution in [2.24, 2.45) is 5.41 Å². The molecule has 3 amide bonds. The number of carbonyl (C=O) groups is 3. The van der Waals surface area contributed by atoms with E-state index in [0.29, 0.717) is 19.6 Å². The molecule has 0 aliphatic heterocycles. The van der Waals surface area contributed by atoms with Gasteiger partial charge in [0.15, 0.2) is 0 Å². The monoisotopic (exact) mass is 299 g/mol. The van der Waals surface area contributed by atoms with Gasteiger partial charge in [-0.05, 0) is 18.3 Å². The van der Waals surface area contributed by atoms with E-state index in [2.05, 4.69) is 16.0 Å². The first-order valence-electron chi connectivity index (χ1n) is 7.41. The highest BCUT2D eigenvalue weighted by molar-refractivity contribution is 5.75. The van der Waals surface area contributed by atoms with Gasteiger partial charge in [-0.2, -0.15) is 0 Å². The second-order valence-electron chi connectivity index (χ2n) is 5.72. The minimum atomic E-state index is -0.815. The topological polar surface area (TPSA) is 108 Å². The van der Waals surface area contributed by atoms with E-state index in [1.807, 2.05) is 0 Å². The summed E-state index contributed by atoms with van der Waals surface area (Å²) in [6.45, 7) is 2.52. The van der Waals surface area contributed by atoms with Crippen LogP contribution in [0.5, 0.6) is 0 Å². The summed E-state index contributed by atoms with van der Waals surface area (Å²) in [7, 11) is 0. The summed E-state index contributed by atoms with van der Waals surface area (Å²) in [4.78, 5) is 33.4. The number of carbonyl (C=O) groups excluding carboxylic acids is 2. The Morgan fingerprint density at radius 3 is 2.19 bits per heavy atom. The summed E-state index contributed by atoms with van der Waals surface area (Å²) in [5, 5.41) is 17.0. The van der Waals surface area contributed by atoms with Crippen LogP contribution in [0.1, 0.15) is 45.4 Å². The van der Waals surface area contributed by atoms with Gasteiger partial charge in [0.05, 0.1) is 6.42 Å². The lowest BCUT2D eigenvalue weighted by molar-refractivity contribution is -0.140. The van der Waals surface area contributed by atoms with Crippen LogP contribution in [-0.4, -0.2) is 42.6 Å². The van der Waals surface area contributed by atoms with Crippen molar-refractivity contribution in [1.29, 1.82) is 0 Å². The molecule has 0 heterocycles. The molecule has 21 heavy (non-hydrogen) atoms. The first kappa shape index (κ1) is 17.3. The van der Waals surface area contributed by atoms with Gasteiger partial charge < -0.3 is 21.1 Å². The van der Waals surface area contributed by atoms with Gasteiger partial charge in [-0.25, -0.2) is 4.79 Å². The van der Waals surface area contributed by atoms with Crippen LogP contribution in [0.15, 0.2) is 0 Å². The molecule has 7 nitrogen and oxygen atoms in total. The van der Waals surface area contributed by atoms with Gasteiger partial charge in [0.1, 0.15) is 0 Å². The predicted molar refractivity (Wildman–Crippen MR) is 77.9 cm³/mol. The third kappa shape index (κ3) is 6.97. The number of hydrogen-bond acceptors (Lipinski definition) is 3. The zero-order chi connectivity index (χ0) is 15.7. The number of nitrogens with one attached hydrogen (secondary N) is 3. The fourth-order valence-electron chi connectivity index (χ4n) is 2.78. The molecule has 0 aromatic heterocycles. The highest BCUT2D eigenvalue weighted by Gasteiger charge is 2.34. The Hall–Kier alpha value is -1.79. The first-order valence-corrected chi connectivity index (χ1v) is 7.41. The fourth-order valence-corrected chi connectivity index (χ4v) is 2.78. The van der Waals surface area contributed by atoms with Crippen molar-refractivity contribution in [2.45, 2.75) is 45.4 Å². The number of carboxylic acids is 1. The van der Waals surface area contributed by atoms with Gasteiger partial charge >= 0.3 is 12.0 Å². The Balaban J connectivity index is 2.33. The molecule has 0 spiro atoms. The fraction of sp³-hybridized carbons (Fsp3) is 0.786. The van der Waals surface area contributed by atoms with Crippen LogP contribution in [0.4, 0.5) is 4.79 Å². The highest BCUT2D eigenvalue weighted by atomic mass is 16.4. The van der Waals surface area contributed by atoms with E-state index in [1.165, 1.54) is 6.92 Å². The zero-order valence-corrected chi connectivity index (χ0v) is 12.5. The lowest BCUT2D eigenvalue weighted by Crippen LogP contribution is -2.45. The quantitative estimate of drug-likeness (QED) is 0.523. The summed E-state index contributed by atoms with van der Waals surface area (Å²) in [5.41, 5.74) is -0.320. The van der Waals surface area contributed by atoms with Gasteiger partial charge in [0.2, 0.25) is 5.91 Å². The van der Waals surface area contributed by atoms with Crippen molar-refractivity contribution in [3.8, 4) is 0 Å². The molecule has 1 aliphatic carbocycles. The molecule has 0 aromatic carbocycles. The van der Waals surface area contributed by atoms with E-state index in [4.69, 9.17) is 5.11 Å². The Bertz CT molecular complexity index is 378. The van der Waals surface area contributed by atoms with E-state index in [-0.39, 0.29) is 23.8 Å². The smallest absolute Gasteiger partial charge is 0.314 e. The molecule has 1 saturated carbocycles. The lowest BCUT2D eigenvalue weighted by atomic mass is 9.72. The van der Waals surface area contributed by atoms with Crippen molar-refractivity contribution in [3.05, 3.63) is 0 Å². The Labute approximate surface area is 124 Å². The van der Waals surface area contributed by atoms with E-state index in [1.54, 1.807) is 0 Å².